The van der Waals surface area contributed by atoms with Crippen LogP contribution in [0.25, 0.3) is 11.1 Å². The van der Waals surface area contributed by atoms with E-state index in [4.69, 9.17) is 13.9 Å². The Morgan fingerprint density at radius 1 is 1.00 bits per heavy atom. The van der Waals surface area contributed by atoms with Gasteiger partial charge in [0.2, 0.25) is 0 Å². The number of aromatic amines is 1. The first-order valence-electron chi connectivity index (χ1n) is 10.9. The predicted molar refractivity (Wildman–Crippen MR) is 123 cm³/mol. The predicted octanol–water partition coefficient (Wildman–Crippen LogP) is 5.94. The molecule has 5 nitrogen and oxygen atoms in total. The van der Waals surface area contributed by atoms with Gasteiger partial charge in [-0.1, -0.05) is 42.5 Å². The summed E-state index contributed by atoms with van der Waals surface area (Å²) in [4.78, 5) is 15.4. The van der Waals surface area contributed by atoms with E-state index in [-0.39, 0.29) is 5.97 Å². The molecular formula is C27H27NO4. The number of esters is 1. The maximum absolute atomic E-state index is 12.0. The molecule has 2 heterocycles. The highest BCUT2D eigenvalue weighted by molar-refractivity contribution is 5.72. The molecule has 164 valence electrons. The number of rotatable bonds is 10. The molecule has 0 aliphatic rings. The fraction of sp³-hybridized carbons (Fsp3) is 0.222. The van der Waals surface area contributed by atoms with E-state index in [0.717, 1.165) is 40.1 Å². The number of hydrogen-bond acceptors (Lipinski definition) is 4. The number of benzene rings is 2. The van der Waals surface area contributed by atoms with Crippen molar-refractivity contribution < 1.29 is 18.7 Å². The van der Waals surface area contributed by atoms with Gasteiger partial charge in [0.25, 0.3) is 0 Å². The third kappa shape index (κ3) is 5.49. The lowest BCUT2D eigenvalue weighted by molar-refractivity contribution is -0.143. The van der Waals surface area contributed by atoms with Gasteiger partial charge in [-0.3, -0.25) is 4.79 Å². The molecule has 0 atom stereocenters. The molecular weight excluding hydrogens is 402 g/mol. The lowest BCUT2D eigenvalue weighted by Crippen LogP contribution is -2.06. The molecule has 2 aromatic carbocycles. The van der Waals surface area contributed by atoms with Crippen molar-refractivity contribution in [3.8, 4) is 16.9 Å². The van der Waals surface area contributed by atoms with Gasteiger partial charge < -0.3 is 18.9 Å². The number of aromatic nitrogens is 1. The lowest BCUT2D eigenvalue weighted by Gasteiger charge is -2.10. The molecule has 0 spiro atoms. The zero-order chi connectivity index (χ0) is 22.2. The van der Waals surface area contributed by atoms with E-state index in [1.165, 1.54) is 5.56 Å². The Morgan fingerprint density at radius 2 is 1.81 bits per heavy atom. The molecule has 5 heteroatoms. The standard InChI is InChI=1S/C27H27NO4/c1-2-31-27(29)13-12-24-25(22-6-4-3-5-7-22)17-28-26(24)16-20-8-10-23(11-9-20)32-19-21-14-15-30-18-21/h3-11,14-15,17-18,28H,2,12-13,16,19H2,1H3. The highest BCUT2D eigenvalue weighted by Gasteiger charge is 2.15. The summed E-state index contributed by atoms with van der Waals surface area (Å²) >= 11 is 0. The van der Waals surface area contributed by atoms with Crippen LogP contribution in [0, 0.1) is 0 Å². The van der Waals surface area contributed by atoms with Crippen LogP contribution >= 0.6 is 0 Å². The second kappa shape index (κ2) is 10.5. The number of hydrogen-bond donors (Lipinski definition) is 1. The molecule has 1 N–H and O–H groups in total. The van der Waals surface area contributed by atoms with Crippen molar-refractivity contribution in [2.75, 3.05) is 6.61 Å². The zero-order valence-corrected chi connectivity index (χ0v) is 18.2. The molecule has 0 bridgehead atoms. The second-order valence-electron chi connectivity index (χ2n) is 7.57. The molecule has 4 rings (SSSR count). The summed E-state index contributed by atoms with van der Waals surface area (Å²) in [5, 5.41) is 0. The number of carbonyl (C=O) groups excluding carboxylic acids is 1. The largest absolute Gasteiger partial charge is 0.489 e. The molecule has 0 aliphatic heterocycles. The van der Waals surface area contributed by atoms with Gasteiger partial charge in [-0.15, -0.1) is 0 Å². The third-order valence-electron chi connectivity index (χ3n) is 5.34. The average molecular weight is 430 g/mol. The highest BCUT2D eigenvalue weighted by Crippen LogP contribution is 2.29. The molecule has 0 aliphatic carbocycles. The molecule has 2 aromatic heterocycles. The molecule has 0 unspecified atom stereocenters. The van der Waals surface area contributed by atoms with Gasteiger partial charge in [-0.25, -0.2) is 0 Å². The van der Waals surface area contributed by atoms with E-state index in [9.17, 15) is 4.79 Å². The van der Waals surface area contributed by atoms with Gasteiger partial charge in [0.1, 0.15) is 12.4 Å². The van der Waals surface area contributed by atoms with E-state index in [1.54, 1.807) is 12.5 Å². The lowest BCUT2D eigenvalue weighted by atomic mass is 9.96. The third-order valence-corrected chi connectivity index (χ3v) is 5.34. The fourth-order valence-electron chi connectivity index (χ4n) is 3.72. The van der Waals surface area contributed by atoms with E-state index in [2.05, 4.69) is 29.2 Å². The van der Waals surface area contributed by atoms with Crippen molar-refractivity contribution in [3.05, 3.63) is 102 Å². The van der Waals surface area contributed by atoms with Gasteiger partial charge in [0.05, 0.1) is 19.1 Å². The summed E-state index contributed by atoms with van der Waals surface area (Å²) in [5.41, 5.74) is 6.70. The molecule has 32 heavy (non-hydrogen) atoms. The van der Waals surface area contributed by atoms with Crippen LogP contribution < -0.4 is 4.74 Å². The maximum atomic E-state index is 12.0. The molecule has 0 fully saturated rings. The Balaban J connectivity index is 1.49. The number of H-pyrrole nitrogens is 1. The van der Waals surface area contributed by atoms with Crippen molar-refractivity contribution in [3.63, 3.8) is 0 Å². The quantitative estimate of drug-likeness (QED) is 0.317. The maximum Gasteiger partial charge on any atom is 0.306 e. The smallest absolute Gasteiger partial charge is 0.306 e. The Morgan fingerprint density at radius 3 is 2.53 bits per heavy atom. The zero-order valence-electron chi connectivity index (χ0n) is 18.2. The minimum atomic E-state index is -0.169. The van der Waals surface area contributed by atoms with Crippen molar-refractivity contribution in [1.29, 1.82) is 0 Å². The molecule has 0 amide bonds. The molecule has 0 radical (unpaired) electrons. The summed E-state index contributed by atoms with van der Waals surface area (Å²) < 4.78 is 16.0. The average Bonchev–Trinajstić information content (AvgIpc) is 3.48. The van der Waals surface area contributed by atoms with Crippen LogP contribution in [0.4, 0.5) is 0 Å². The van der Waals surface area contributed by atoms with Gasteiger partial charge in [-0.2, -0.15) is 0 Å². The number of nitrogens with one attached hydrogen (secondary N) is 1. The Hall–Kier alpha value is -3.73. The van der Waals surface area contributed by atoms with Crippen LogP contribution in [-0.4, -0.2) is 17.6 Å². The summed E-state index contributed by atoms with van der Waals surface area (Å²) in [7, 11) is 0. The van der Waals surface area contributed by atoms with Crippen molar-refractivity contribution in [1.82, 2.24) is 4.98 Å². The first kappa shape index (κ1) is 21.5. The Labute approximate surface area is 188 Å². The SMILES string of the molecule is CCOC(=O)CCc1c(-c2ccccc2)c[nH]c1Cc1ccc(OCc2ccoc2)cc1. The number of ether oxygens (including phenoxy) is 2. The molecule has 0 saturated heterocycles. The van der Waals surface area contributed by atoms with E-state index in [0.29, 0.717) is 26.1 Å². The monoisotopic (exact) mass is 429 g/mol. The second-order valence-corrected chi connectivity index (χ2v) is 7.57. The number of carbonyl (C=O) groups is 1. The van der Waals surface area contributed by atoms with Gasteiger partial charge >= 0.3 is 5.97 Å². The van der Waals surface area contributed by atoms with Gasteiger partial charge in [-0.05, 0) is 48.2 Å². The molecule has 0 saturated carbocycles. The summed E-state index contributed by atoms with van der Waals surface area (Å²) in [6.45, 7) is 2.71. The number of furan rings is 1. The minimum absolute atomic E-state index is 0.169. The Kier molecular flexibility index (Phi) is 7.08. The van der Waals surface area contributed by atoms with Crippen molar-refractivity contribution >= 4 is 5.97 Å². The van der Waals surface area contributed by atoms with Crippen molar-refractivity contribution in [2.24, 2.45) is 0 Å². The normalized spacial score (nSPS) is 10.8. The van der Waals surface area contributed by atoms with E-state index in [1.807, 2.05) is 49.5 Å². The fourth-order valence-corrected chi connectivity index (χ4v) is 3.72. The van der Waals surface area contributed by atoms with Crippen LogP contribution in [0.3, 0.4) is 0 Å². The first-order valence-corrected chi connectivity index (χ1v) is 10.9. The van der Waals surface area contributed by atoms with Gasteiger partial charge in [0.15, 0.2) is 0 Å². The summed E-state index contributed by atoms with van der Waals surface area (Å²) in [6.07, 6.45) is 7.09. The van der Waals surface area contributed by atoms with E-state index >= 15 is 0 Å². The first-order chi connectivity index (χ1) is 15.7. The Bertz CT molecular complexity index is 1110. The van der Waals surface area contributed by atoms with Crippen LogP contribution in [0.1, 0.15) is 35.7 Å². The van der Waals surface area contributed by atoms with Crippen LogP contribution in [0.2, 0.25) is 0 Å². The van der Waals surface area contributed by atoms with Crippen LogP contribution in [-0.2, 0) is 29.0 Å². The van der Waals surface area contributed by atoms with Crippen LogP contribution in [0.5, 0.6) is 5.75 Å². The van der Waals surface area contributed by atoms with Crippen LogP contribution in [0.15, 0.2) is 83.8 Å². The minimum Gasteiger partial charge on any atom is -0.489 e. The van der Waals surface area contributed by atoms with Gasteiger partial charge in [0, 0.05) is 35.9 Å². The summed E-state index contributed by atoms with van der Waals surface area (Å²) in [6, 6.07) is 20.2. The highest BCUT2D eigenvalue weighted by atomic mass is 16.5. The topological polar surface area (TPSA) is 64.5 Å². The summed E-state index contributed by atoms with van der Waals surface area (Å²) in [5.74, 6) is 0.645. The molecule has 4 aromatic rings. The van der Waals surface area contributed by atoms with E-state index < -0.39 is 0 Å². The van der Waals surface area contributed by atoms with Crippen molar-refractivity contribution in [2.45, 2.75) is 32.8 Å².